The van der Waals surface area contributed by atoms with Crippen LogP contribution >= 0.6 is 0 Å². The molecular weight excluding hydrogens is 264 g/mol. The standard InChI is InChI=1S/C17H20N2O2.H2/c1-3-12-11-13(7-8-14(12)18-2)15-19-17(16(20)21-15)9-5-4-6-10-17;/h3,7-8,11,18H,1,4-6,9-10H2,2H3;1H. The Morgan fingerprint density at radius 1 is 1.38 bits per heavy atom. The first-order chi connectivity index (χ1) is 10.2. The number of carbonyl (C=O) groups excluding carboxylic acids is 1. The molecule has 1 spiro atoms. The average Bonchev–Trinajstić information content (AvgIpc) is 2.84. The van der Waals surface area contributed by atoms with Crippen molar-refractivity contribution in [3.05, 3.63) is 35.9 Å². The molecule has 112 valence electrons. The third kappa shape index (κ3) is 2.35. The van der Waals surface area contributed by atoms with Crippen LogP contribution in [-0.4, -0.2) is 24.5 Å². The SMILES string of the molecule is C=Cc1cc(C2=NC3(CCCCC3)C(=O)O2)ccc1NC.[HH]. The molecule has 21 heavy (non-hydrogen) atoms. The van der Waals surface area contributed by atoms with Crippen LogP contribution in [0.25, 0.3) is 6.08 Å². The van der Waals surface area contributed by atoms with Gasteiger partial charge in [0.15, 0.2) is 5.54 Å². The minimum absolute atomic E-state index is 0. The Morgan fingerprint density at radius 3 is 2.81 bits per heavy atom. The van der Waals surface area contributed by atoms with E-state index in [-0.39, 0.29) is 7.40 Å². The van der Waals surface area contributed by atoms with Gasteiger partial charge in [-0.15, -0.1) is 0 Å². The fourth-order valence-electron chi connectivity index (χ4n) is 3.11. The lowest BCUT2D eigenvalue weighted by molar-refractivity contribution is -0.140. The van der Waals surface area contributed by atoms with Gasteiger partial charge >= 0.3 is 5.97 Å². The number of anilines is 1. The fourth-order valence-corrected chi connectivity index (χ4v) is 3.11. The molecule has 0 aromatic heterocycles. The molecular formula is C17H22N2O2. The summed E-state index contributed by atoms with van der Waals surface area (Å²) in [6.07, 6.45) is 6.65. The van der Waals surface area contributed by atoms with Crippen LogP contribution in [0, 0.1) is 0 Å². The normalized spacial score (nSPS) is 20.0. The summed E-state index contributed by atoms with van der Waals surface area (Å²) in [5.74, 6) is 0.266. The third-order valence-corrected chi connectivity index (χ3v) is 4.35. The highest BCUT2D eigenvalue weighted by Crippen LogP contribution is 2.37. The predicted octanol–water partition coefficient (Wildman–Crippen LogP) is 3.62. The van der Waals surface area contributed by atoms with E-state index in [1.54, 1.807) is 6.08 Å². The number of nitrogens with zero attached hydrogens (tertiary/aromatic N) is 1. The highest BCUT2D eigenvalue weighted by atomic mass is 16.6. The van der Waals surface area contributed by atoms with E-state index in [0.717, 1.165) is 42.5 Å². The second kappa shape index (κ2) is 5.35. The van der Waals surface area contributed by atoms with Crippen molar-refractivity contribution in [2.24, 2.45) is 4.99 Å². The zero-order valence-electron chi connectivity index (χ0n) is 12.3. The van der Waals surface area contributed by atoms with Gasteiger partial charge < -0.3 is 10.1 Å². The molecule has 0 saturated heterocycles. The average molecular weight is 286 g/mol. The molecule has 1 aromatic rings. The lowest BCUT2D eigenvalue weighted by Gasteiger charge is -2.25. The van der Waals surface area contributed by atoms with Gasteiger partial charge in [0.05, 0.1) is 0 Å². The Morgan fingerprint density at radius 2 is 2.14 bits per heavy atom. The lowest BCUT2D eigenvalue weighted by Crippen LogP contribution is -2.35. The van der Waals surface area contributed by atoms with E-state index < -0.39 is 5.54 Å². The smallest absolute Gasteiger partial charge is 0.340 e. The van der Waals surface area contributed by atoms with Gasteiger partial charge in [0, 0.05) is 19.7 Å². The van der Waals surface area contributed by atoms with Crippen molar-refractivity contribution >= 4 is 23.6 Å². The molecule has 1 heterocycles. The number of nitrogens with one attached hydrogen (secondary N) is 1. The molecule has 1 fully saturated rings. The van der Waals surface area contributed by atoms with Crippen LogP contribution in [0.15, 0.2) is 29.8 Å². The van der Waals surface area contributed by atoms with Gasteiger partial charge in [0.2, 0.25) is 5.90 Å². The van der Waals surface area contributed by atoms with Crippen molar-refractivity contribution in [1.29, 1.82) is 0 Å². The number of benzene rings is 1. The van der Waals surface area contributed by atoms with Crippen molar-refractivity contribution in [3.63, 3.8) is 0 Å². The zero-order valence-corrected chi connectivity index (χ0v) is 12.3. The fraction of sp³-hybridized carbons (Fsp3) is 0.412. The lowest BCUT2D eigenvalue weighted by atomic mass is 9.83. The molecule has 0 amide bonds. The number of hydrogen-bond donors (Lipinski definition) is 1. The number of rotatable bonds is 3. The van der Waals surface area contributed by atoms with Crippen LogP contribution in [0.5, 0.6) is 0 Å². The largest absolute Gasteiger partial charge is 0.405 e. The first-order valence-electron chi connectivity index (χ1n) is 7.45. The molecule has 1 aromatic carbocycles. The Balaban J connectivity index is 0.00000176. The maximum absolute atomic E-state index is 12.2. The number of aliphatic imine (C=N–C) groups is 1. The van der Waals surface area contributed by atoms with E-state index in [1.165, 1.54) is 6.42 Å². The summed E-state index contributed by atoms with van der Waals surface area (Å²) >= 11 is 0. The number of cyclic esters (lactones) is 1. The Bertz CT molecular complexity index is 619. The maximum Gasteiger partial charge on any atom is 0.340 e. The summed E-state index contributed by atoms with van der Waals surface area (Å²) in [6, 6.07) is 5.83. The minimum Gasteiger partial charge on any atom is -0.405 e. The van der Waals surface area contributed by atoms with Gasteiger partial charge in [-0.1, -0.05) is 31.9 Å². The van der Waals surface area contributed by atoms with Crippen molar-refractivity contribution < 1.29 is 11.0 Å². The molecule has 1 aliphatic heterocycles. The molecule has 0 radical (unpaired) electrons. The third-order valence-electron chi connectivity index (χ3n) is 4.35. The highest BCUT2D eigenvalue weighted by Gasteiger charge is 2.46. The van der Waals surface area contributed by atoms with Crippen molar-refractivity contribution in [3.8, 4) is 0 Å². The summed E-state index contributed by atoms with van der Waals surface area (Å²) in [5, 5.41) is 3.11. The molecule has 0 bridgehead atoms. The van der Waals surface area contributed by atoms with Crippen molar-refractivity contribution in [2.75, 3.05) is 12.4 Å². The second-order valence-corrected chi connectivity index (χ2v) is 5.65. The van der Waals surface area contributed by atoms with Gasteiger partial charge in [-0.3, -0.25) is 0 Å². The summed E-state index contributed by atoms with van der Waals surface area (Å²) in [7, 11) is 1.87. The van der Waals surface area contributed by atoms with Gasteiger partial charge in [0.1, 0.15) is 0 Å². The predicted molar refractivity (Wildman–Crippen MR) is 86.6 cm³/mol. The van der Waals surface area contributed by atoms with E-state index in [9.17, 15) is 4.79 Å². The van der Waals surface area contributed by atoms with Gasteiger partial charge in [-0.2, -0.15) is 0 Å². The van der Waals surface area contributed by atoms with E-state index >= 15 is 0 Å². The van der Waals surface area contributed by atoms with Gasteiger partial charge in [0.25, 0.3) is 0 Å². The van der Waals surface area contributed by atoms with Crippen molar-refractivity contribution in [2.45, 2.75) is 37.6 Å². The van der Waals surface area contributed by atoms with Crippen LogP contribution in [0.4, 0.5) is 5.69 Å². The number of carbonyl (C=O) groups is 1. The zero-order chi connectivity index (χ0) is 14.9. The minimum atomic E-state index is -0.621. The Labute approximate surface area is 126 Å². The number of hydrogen-bond acceptors (Lipinski definition) is 4. The quantitative estimate of drug-likeness (QED) is 0.863. The van der Waals surface area contributed by atoms with E-state index in [0.29, 0.717) is 5.90 Å². The number of esters is 1. The first-order valence-corrected chi connectivity index (χ1v) is 7.45. The van der Waals surface area contributed by atoms with Gasteiger partial charge in [-0.05, 0) is 36.6 Å². The molecule has 0 atom stereocenters. The van der Waals surface area contributed by atoms with Crippen molar-refractivity contribution in [1.82, 2.24) is 0 Å². The summed E-state index contributed by atoms with van der Waals surface area (Å²) in [6.45, 7) is 3.82. The highest BCUT2D eigenvalue weighted by molar-refractivity contribution is 6.08. The Kier molecular flexibility index (Phi) is 3.53. The monoisotopic (exact) mass is 286 g/mol. The second-order valence-electron chi connectivity index (χ2n) is 5.65. The van der Waals surface area contributed by atoms with Crippen LogP contribution in [0.3, 0.4) is 0 Å². The molecule has 1 saturated carbocycles. The summed E-state index contributed by atoms with van der Waals surface area (Å²) in [4.78, 5) is 16.9. The van der Waals surface area contributed by atoms with Crippen LogP contribution in [0.1, 0.15) is 44.7 Å². The molecule has 1 N–H and O–H groups in total. The van der Waals surface area contributed by atoms with Crippen LogP contribution in [-0.2, 0) is 9.53 Å². The number of ether oxygens (including phenoxy) is 1. The molecule has 4 heteroatoms. The topological polar surface area (TPSA) is 50.7 Å². The maximum atomic E-state index is 12.2. The molecule has 2 aliphatic rings. The Hall–Kier alpha value is -2.10. The van der Waals surface area contributed by atoms with Crippen LogP contribution < -0.4 is 5.32 Å². The summed E-state index contributed by atoms with van der Waals surface area (Å²) < 4.78 is 5.47. The molecule has 3 rings (SSSR count). The van der Waals surface area contributed by atoms with Gasteiger partial charge in [-0.25, -0.2) is 9.79 Å². The van der Waals surface area contributed by atoms with Crippen LogP contribution in [0.2, 0.25) is 0 Å². The molecule has 4 nitrogen and oxygen atoms in total. The van der Waals surface area contributed by atoms with E-state index in [4.69, 9.17) is 4.74 Å². The summed E-state index contributed by atoms with van der Waals surface area (Å²) in [5.41, 5.74) is 2.17. The van der Waals surface area contributed by atoms with E-state index in [1.807, 2.05) is 25.2 Å². The molecule has 1 aliphatic carbocycles. The molecule has 0 unspecified atom stereocenters. The van der Waals surface area contributed by atoms with E-state index in [2.05, 4.69) is 16.9 Å². The first kappa shape index (κ1) is 13.9.